The van der Waals surface area contributed by atoms with Crippen molar-refractivity contribution in [3.05, 3.63) is 138 Å². The summed E-state index contributed by atoms with van der Waals surface area (Å²) in [5.41, 5.74) is 5.77. The van der Waals surface area contributed by atoms with E-state index in [1.165, 1.54) is 22.2 Å². The lowest BCUT2D eigenvalue weighted by Gasteiger charge is -2.12. The molecule has 0 radical (unpaired) electrons. The molecule has 0 N–H and O–H groups in total. The highest BCUT2D eigenvalue weighted by atomic mass is 16.3. The number of nitrogens with zero attached hydrogens (tertiary/aromatic N) is 2. The number of rotatable bonds is 5. The molecule has 1 unspecified atom stereocenters. The van der Waals surface area contributed by atoms with Crippen molar-refractivity contribution in [3.63, 3.8) is 0 Å². The number of fused-ring (bicyclic) bond motifs is 2. The average Bonchev–Trinajstić information content (AvgIpc) is 3.43. The minimum Gasteiger partial charge on any atom is -0.456 e. The van der Waals surface area contributed by atoms with Crippen molar-refractivity contribution in [1.82, 2.24) is 4.57 Å². The predicted octanol–water partition coefficient (Wildman–Crippen LogP) is 6.36. The van der Waals surface area contributed by atoms with Gasteiger partial charge in [0.25, 0.3) is 0 Å². The fourth-order valence-corrected chi connectivity index (χ4v) is 4.55. The van der Waals surface area contributed by atoms with Gasteiger partial charge in [-0.1, -0.05) is 91.0 Å². The maximum Gasteiger partial charge on any atom is 0.245 e. The van der Waals surface area contributed by atoms with Gasteiger partial charge < -0.3 is 4.42 Å². The van der Waals surface area contributed by atoms with Crippen LogP contribution in [0.2, 0.25) is 0 Å². The van der Waals surface area contributed by atoms with Crippen molar-refractivity contribution < 1.29 is 8.98 Å². The first-order chi connectivity index (χ1) is 15.9. The van der Waals surface area contributed by atoms with Crippen molar-refractivity contribution in [3.8, 4) is 0 Å². The van der Waals surface area contributed by atoms with Crippen LogP contribution in [-0.4, -0.2) is 4.57 Å². The topological polar surface area (TPSA) is 21.9 Å². The van der Waals surface area contributed by atoms with Crippen molar-refractivity contribution in [1.29, 1.82) is 0 Å². The van der Waals surface area contributed by atoms with E-state index in [1.807, 2.05) is 12.1 Å². The third-order valence-electron chi connectivity index (χ3n) is 6.04. The van der Waals surface area contributed by atoms with E-state index in [-0.39, 0.29) is 6.04 Å². The Kier molecular flexibility index (Phi) is 4.58. The van der Waals surface area contributed by atoms with E-state index in [2.05, 4.69) is 119 Å². The van der Waals surface area contributed by atoms with Crippen LogP contribution in [0.25, 0.3) is 22.0 Å². The molecule has 0 saturated heterocycles. The minimum atomic E-state index is -0.0643. The van der Waals surface area contributed by atoms with E-state index in [4.69, 9.17) is 4.42 Å². The number of imidazole rings is 1. The molecule has 3 nitrogen and oxygen atoms in total. The van der Waals surface area contributed by atoms with Gasteiger partial charge in [0, 0.05) is 10.9 Å². The van der Waals surface area contributed by atoms with Gasteiger partial charge in [0.1, 0.15) is 12.1 Å². The van der Waals surface area contributed by atoms with E-state index in [1.54, 1.807) is 0 Å². The first-order valence-corrected chi connectivity index (χ1v) is 10.9. The first kappa shape index (κ1) is 18.6. The molecule has 0 aliphatic carbocycles. The molecule has 6 rings (SSSR count). The molecule has 154 valence electrons. The molecule has 0 fully saturated rings. The second kappa shape index (κ2) is 7.86. The molecule has 0 spiro atoms. The van der Waals surface area contributed by atoms with E-state index in [0.29, 0.717) is 0 Å². The monoisotopic (exact) mass is 415 g/mol. The van der Waals surface area contributed by atoms with Crippen molar-refractivity contribution in [2.45, 2.75) is 12.6 Å². The molecule has 6 aromatic rings. The molecule has 0 saturated carbocycles. The Morgan fingerprint density at radius 3 is 2.22 bits per heavy atom. The average molecular weight is 416 g/mol. The summed E-state index contributed by atoms with van der Waals surface area (Å²) < 4.78 is 11.0. The quantitative estimate of drug-likeness (QED) is 0.300. The molecule has 2 aromatic heterocycles. The van der Waals surface area contributed by atoms with E-state index in [9.17, 15) is 0 Å². The predicted molar refractivity (Wildman–Crippen MR) is 128 cm³/mol. The molecular weight excluding hydrogens is 392 g/mol. The van der Waals surface area contributed by atoms with E-state index >= 15 is 0 Å². The third kappa shape index (κ3) is 3.28. The third-order valence-corrected chi connectivity index (χ3v) is 6.04. The number of furan rings is 1. The zero-order valence-electron chi connectivity index (χ0n) is 17.6. The van der Waals surface area contributed by atoms with Gasteiger partial charge >= 0.3 is 0 Å². The van der Waals surface area contributed by atoms with Crippen molar-refractivity contribution in [2.24, 2.45) is 0 Å². The Bertz CT molecular complexity index is 1460. The van der Waals surface area contributed by atoms with E-state index in [0.717, 1.165) is 23.3 Å². The van der Waals surface area contributed by atoms with Crippen LogP contribution < -0.4 is 4.57 Å². The Labute approximate surface area is 186 Å². The summed E-state index contributed by atoms with van der Waals surface area (Å²) >= 11 is 0. The highest BCUT2D eigenvalue weighted by molar-refractivity contribution is 5.78. The molecule has 1 atom stereocenters. The lowest BCUT2D eigenvalue weighted by atomic mass is 10.0. The smallest absolute Gasteiger partial charge is 0.245 e. The maximum absolute atomic E-state index is 6.39. The standard InChI is InChI=1S/C29H23N2O/c1-3-11-22(12-4-1)20-30-21-31(26-17-9-8-16-25(26)30)29(23-13-5-2-6-14-23)28-19-24-15-7-10-18-27(24)32-28/h1-19,21,29H,20H2/q+1. The second-order valence-corrected chi connectivity index (χ2v) is 8.12. The number of benzene rings is 4. The highest BCUT2D eigenvalue weighted by Gasteiger charge is 2.29. The Morgan fingerprint density at radius 1 is 0.719 bits per heavy atom. The second-order valence-electron chi connectivity index (χ2n) is 8.12. The van der Waals surface area contributed by atoms with Crippen LogP contribution in [0.1, 0.15) is 22.9 Å². The fourth-order valence-electron chi connectivity index (χ4n) is 4.55. The van der Waals surface area contributed by atoms with Gasteiger partial charge in [0.2, 0.25) is 6.33 Å². The summed E-state index contributed by atoms with van der Waals surface area (Å²) in [7, 11) is 0. The van der Waals surface area contributed by atoms with Gasteiger partial charge in [0.15, 0.2) is 22.8 Å². The van der Waals surface area contributed by atoms with Gasteiger partial charge in [-0.15, -0.1) is 0 Å². The van der Waals surface area contributed by atoms with Crippen LogP contribution >= 0.6 is 0 Å². The number of hydrogen-bond acceptors (Lipinski definition) is 1. The number of hydrogen-bond donors (Lipinski definition) is 0. The zero-order chi connectivity index (χ0) is 21.3. The fraction of sp³-hybridized carbons (Fsp3) is 0.0690. The summed E-state index contributed by atoms with van der Waals surface area (Å²) in [6.45, 7) is 0.815. The Hall–Kier alpha value is -4.11. The van der Waals surface area contributed by atoms with Gasteiger partial charge in [-0.25, -0.2) is 9.13 Å². The van der Waals surface area contributed by atoms with Crippen LogP contribution in [0, 0.1) is 0 Å². The summed E-state index contributed by atoms with van der Waals surface area (Å²) in [5.74, 6) is 0.935. The molecule has 4 aromatic carbocycles. The van der Waals surface area contributed by atoms with Gasteiger partial charge in [-0.3, -0.25) is 0 Å². The maximum atomic E-state index is 6.39. The minimum absolute atomic E-state index is 0.0643. The molecule has 32 heavy (non-hydrogen) atoms. The van der Waals surface area contributed by atoms with Crippen LogP contribution in [0.4, 0.5) is 0 Å². The largest absolute Gasteiger partial charge is 0.456 e. The summed E-state index contributed by atoms with van der Waals surface area (Å²) in [4.78, 5) is 0. The van der Waals surface area contributed by atoms with Crippen molar-refractivity contribution in [2.75, 3.05) is 0 Å². The molecule has 0 aliphatic rings. The number of aromatic nitrogens is 2. The zero-order valence-corrected chi connectivity index (χ0v) is 17.6. The molecule has 0 amide bonds. The van der Waals surface area contributed by atoms with Gasteiger partial charge in [-0.05, 0) is 29.8 Å². The van der Waals surface area contributed by atoms with Gasteiger partial charge in [-0.2, -0.15) is 0 Å². The van der Waals surface area contributed by atoms with Crippen LogP contribution in [-0.2, 0) is 6.54 Å². The summed E-state index contributed by atoms with van der Waals surface area (Å²) in [6, 6.07) is 40.1. The first-order valence-electron chi connectivity index (χ1n) is 10.9. The highest BCUT2D eigenvalue weighted by Crippen LogP contribution is 2.33. The number of para-hydroxylation sites is 3. The molecule has 0 aliphatic heterocycles. The molecule has 2 heterocycles. The molecule has 0 bridgehead atoms. The van der Waals surface area contributed by atoms with Crippen LogP contribution in [0.15, 0.2) is 126 Å². The summed E-state index contributed by atoms with van der Waals surface area (Å²) in [6.07, 6.45) is 2.22. The normalized spacial score (nSPS) is 12.4. The van der Waals surface area contributed by atoms with Gasteiger partial charge in [0.05, 0.1) is 0 Å². The Morgan fingerprint density at radius 2 is 1.41 bits per heavy atom. The Balaban J connectivity index is 1.56. The molecule has 3 heteroatoms. The lowest BCUT2D eigenvalue weighted by Crippen LogP contribution is -2.33. The van der Waals surface area contributed by atoms with Crippen molar-refractivity contribution >= 4 is 22.0 Å². The van der Waals surface area contributed by atoms with E-state index < -0.39 is 0 Å². The van der Waals surface area contributed by atoms with Crippen LogP contribution in [0.3, 0.4) is 0 Å². The molecular formula is C29H23N2O+. The lowest BCUT2D eigenvalue weighted by molar-refractivity contribution is -0.663. The SMILES string of the molecule is c1ccc(C[n+]2cn(C(c3ccccc3)c3cc4ccccc4o3)c3ccccc32)cc1. The van der Waals surface area contributed by atoms with Crippen LogP contribution in [0.5, 0.6) is 0 Å². The summed E-state index contributed by atoms with van der Waals surface area (Å²) in [5, 5.41) is 1.12.